The topological polar surface area (TPSA) is 58.6 Å². The zero-order valence-corrected chi connectivity index (χ0v) is 11.9. The number of hydrogen-bond acceptors (Lipinski definition) is 3. The maximum Gasteiger partial charge on any atom is 0.325 e. The highest BCUT2D eigenvalue weighted by Gasteiger charge is 2.20. The summed E-state index contributed by atoms with van der Waals surface area (Å²) in [5, 5.41) is 2.55. The van der Waals surface area contributed by atoms with Crippen LogP contribution >= 0.6 is 0 Å². The summed E-state index contributed by atoms with van der Waals surface area (Å²) in [6.45, 7) is 5.38. The second-order valence-electron chi connectivity index (χ2n) is 4.47. The SMILES string of the molecule is CCOC(=O)CN(C(=O)Nc1cccc(F)c1)C(C)C. The molecule has 0 bridgehead atoms. The van der Waals surface area contributed by atoms with Crippen LogP contribution < -0.4 is 5.32 Å². The number of esters is 1. The van der Waals surface area contributed by atoms with Gasteiger partial charge in [-0.05, 0) is 39.0 Å². The Hall–Kier alpha value is -2.11. The highest BCUT2D eigenvalue weighted by atomic mass is 19.1. The first-order valence-electron chi connectivity index (χ1n) is 6.42. The number of hydrogen-bond donors (Lipinski definition) is 1. The van der Waals surface area contributed by atoms with Crippen molar-refractivity contribution in [3.05, 3.63) is 30.1 Å². The lowest BCUT2D eigenvalue weighted by Crippen LogP contribution is -2.43. The zero-order chi connectivity index (χ0) is 15.1. The van der Waals surface area contributed by atoms with Crippen molar-refractivity contribution < 1.29 is 18.7 Å². The average molecular weight is 282 g/mol. The van der Waals surface area contributed by atoms with Crippen LogP contribution in [0.1, 0.15) is 20.8 Å². The van der Waals surface area contributed by atoms with E-state index in [0.717, 1.165) is 0 Å². The number of amides is 2. The van der Waals surface area contributed by atoms with Gasteiger partial charge in [-0.3, -0.25) is 4.79 Å². The molecular formula is C14H19FN2O3. The van der Waals surface area contributed by atoms with Crippen molar-refractivity contribution >= 4 is 17.7 Å². The first-order chi connectivity index (χ1) is 9.43. The van der Waals surface area contributed by atoms with E-state index in [9.17, 15) is 14.0 Å². The number of urea groups is 1. The summed E-state index contributed by atoms with van der Waals surface area (Å²) in [4.78, 5) is 24.9. The van der Waals surface area contributed by atoms with Gasteiger partial charge in [0, 0.05) is 11.7 Å². The Kier molecular flexibility index (Phi) is 5.96. The van der Waals surface area contributed by atoms with Crippen LogP contribution in [0.4, 0.5) is 14.9 Å². The van der Waals surface area contributed by atoms with E-state index in [0.29, 0.717) is 5.69 Å². The van der Waals surface area contributed by atoms with Gasteiger partial charge in [0.2, 0.25) is 0 Å². The second-order valence-corrected chi connectivity index (χ2v) is 4.47. The van der Waals surface area contributed by atoms with E-state index in [1.807, 2.05) is 0 Å². The van der Waals surface area contributed by atoms with Crippen molar-refractivity contribution in [1.29, 1.82) is 0 Å². The highest BCUT2D eigenvalue weighted by molar-refractivity contribution is 5.91. The fourth-order valence-corrected chi connectivity index (χ4v) is 1.60. The van der Waals surface area contributed by atoms with Gasteiger partial charge >= 0.3 is 12.0 Å². The van der Waals surface area contributed by atoms with Crippen LogP contribution in [0.2, 0.25) is 0 Å². The lowest BCUT2D eigenvalue weighted by atomic mass is 10.3. The molecule has 110 valence electrons. The summed E-state index contributed by atoms with van der Waals surface area (Å²) in [5.74, 6) is -0.917. The first-order valence-corrected chi connectivity index (χ1v) is 6.42. The van der Waals surface area contributed by atoms with Crippen LogP contribution in [-0.2, 0) is 9.53 Å². The minimum absolute atomic E-state index is 0.146. The molecule has 6 heteroatoms. The number of carbonyl (C=O) groups excluding carboxylic acids is 2. The van der Waals surface area contributed by atoms with Crippen molar-refractivity contribution in [2.75, 3.05) is 18.5 Å². The van der Waals surface area contributed by atoms with E-state index < -0.39 is 17.8 Å². The first kappa shape index (κ1) is 15.9. The molecule has 0 atom stereocenters. The van der Waals surface area contributed by atoms with Gasteiger partial charge in [0.05, 0.1) is 6.61 Å². The summed E-state index contributed by atoms with van der Waals surface area (Å²) in [6, 6.07) is 4.90. The van der Waals surface area contributed by atoms with E-state index in [1.54, 1.807) is 26.8 Å². The number of ether oxygens (including phenoxy) is 1. The molecule has 0 aliphatic heterocycles. The molecule has 0 aliphatic rings. The third kappa shape index (κ3) is 4.87. The van der Waals surface area contributed by atoms with E-state index in [1.165, 1.54) is 23.1 Å². The third-order valence-corrected chi connectivity index (χ3v) is 2.56. The molecule has 0 saturated carbocycles. The lowest BCUT2D eigenvalue weighted by molar-refractivity contribution is -0.144. The van der Waals surface area contributed by atoms with Gasteiger partial charge in [-0.25, -0.2) is 9.18 Å². The molecule has 0 saturated heterocycles. The number of anilines is 1. The number of nitrogens with zero attached hydrogens (tertiary/aromatic N) is 1. The Bertz CT molecular complexity index is 477. The van der Waals surface area contributed by atoms with Crippen molar-refractivity contribution in [2.45, 2.75) is 26.8 Å². The highest BCUT2D eigenvalue weighted by Crippen LogP contribution is 2.11. The van der Waals surface area contributed by atoms with Crippen LogP contribution in [-0.4, -0.2) is 36.1 Å². The number of nitrogens with one attached hydrogen (secondary N) is 1. The average Bonchev–Trinajstić information content (AvgIpc) is 2.35. The van der Waals surface area contributed by atoms with Crippen LogP contribution in [0.3, 0.4) is 0 Å². The van der Waals surface area contributed by atoms with Crippen molar-refractivity contribution in [1.82, 2.24) is 4.90 Å². The van der Waals surface area contributed by atoms with Gasteiger partial charge in [-0.1, -0.05) is 6.07 Å². The molecular weight excluding hydrogens is 263 g/mol. The Balaban J connectivity index is 2.71. The number of rotatable bonds is 5. The Labute approximate surface area is 117 Å². The molecule has 0 fully saturated rings. The van der Waals surface area contributed by atoms with Gasteiger partial charge in [0.25, 0.3) is 0 Å². The quantitative estimate of drug-likeness (QED) is 0.845. The summed E-state index contributed by atoms with van der Waals surface area (Å²) >= 11 is 0. The van der Waals surface area contributed by atoms with Crippen LogP contribution in [0, 0.1) is 5.82 Å². The molecule has 0 radical (unpaired) electrons. The fourth-order valence-electron chi connectivity index (χ4n) is 1.60. The van der Waals surface area contributed by atoms with Gasteiger partial charge in [0.15, 0.2) is 0 Å². The minimum Gasteiger partial charge on any atom is -0.465 e. The van der Waals surface area contributed by atoms with Gasteiger partial charge in [-0.2, -0.15) is 0 Å². The standard InChI is InChI=1S/C14H19FN2O3/c1-4-20-13(18)9-17(10(2)3)14(19)16-12-7-5-6-11(15)8-12/h5-8,10H,4,9H2,1-3H3,(H,16,19). The number of halogens is 1. The Morgan fingerprint density at radius 1 is 1.40 bits per heavy atom. The van der Waals surface area contributed by atoms with Crippen molar-refractivity contribution in [3.8, 4) is 0 Å². The number of benzene rings is 1. The molecule has 1 aromatic carbocycles. The van der Waals surface area contributed by atoms with E-state index in [-0.39, 0.29) is 19.2 Å². The predicted octanol–water partition coefficient (Wildman–Crippen LogP) is 2.63. The van der Waals surface area contributed by atoms with Crippen molar-refractivity contribution in [3.63, 3.8) is 0 Å². The fraction of sp³-hybridized carbons (Fsp3) is 0.429. The van der Waals surface area contributed by atoms with Gasteiger partial charge in [0.1, 0.15) is 12.4 Å². The molecule has 0 unspecified atom stereocenters. The van der Waals surface area contributed by atoms with Crippen LogP contribution in [0.25, 0.3) is 0 Å². The molecule has 0 heterocycles. The van der Waals surface area contributed by atoms with E-state index in [4.69, 9.17) is 4.74 Å². The summed E-state index contributed by atoms with van der Waals surface area (Å²) in [7, 11) is 0. The molecule has 1 aromatic rings. The molecule has 5 nitrogen and oxygen atoms in total. The smallest absolute Gasteiger partial charge is 0.325 e. The molecule has 2 amide bonds. The Morgan fingerprint density at radius 2 is 2.10 bits per heavy atom. The maximum absolute atomic E-state index is 13.0. The van der Waals surface area contributed by atoms with Crippen molar-refractivity contribution in [2.24, 2.45) is 0 Å². The molecule has 1 N–H and O–H groups in total. The zero-order valence-electron chi connectivity index (χ0n) is 11.9. The normalized spacial score (nSPS) is 10.2. The summed E-state index contributed by atoms with van der Waals surface area (Å²) in [5.41, 5.74) is 0.338. The maximum atomic E-state index is 13.0. The van der Waals surface area contributed by atoms with Crippen LogP contribution in [0.15, 0.2) is 24.3 Å². The minimum atomic E-state index is -0.476. The summed E-state index contributed by atoms with van der Waals surface area (Å²) < 4.78 is 17.9. The largest absolute Gasteiger partial charge is 0.465 e. The van der Waals surface area contributed by atoms with Gasteiger partial charge < -0.3 is 15.0 Å². The molecule has 20 heavy (non-hydrogen) atoms. The monoisotopic (exact) mass is 282 g/mol. The molecule has 0 aromatic heterocycles. The molecule has 0 spiro atoms. The lowest BCUT2D eigenvalue weighted by Gasteiger charge is -2.25. The third-order valence-electron chi connectivity index (χ3n) is 2.56. The van der Waals surface area contributed by atoms with E-state index >= 15 is 0 Å². The Morgan fingerprint density at radius 3 is 2.65 bits per heavy atom. The predicted molar refractivity (Wildman–Crippen MR) is 73.9 cm³/mol. The van der Waals surface area contributed by atoms with E-state index in [2.05, 4.69) is 5.32 Å². The molecule has 0 aliphatic carbocycles. The number of carbonyl (C=O) groups is 2. The second kappa shape index (κ2) is 7.47. The van der Waals surface area contributed by atoms with Crippen LogP contribution in [0.5, 0.6) is 0 Å². The van der Waals surface area contributed by atoms with Gasteiger partial charge in [-0.15, -0.1) is 0 Å². The summed E-state index contributed by atoms with van der Waals surface area (Å²) in [6.07, 6.45) is 0. The molecule has 1 rings (SSSR count).